The van der Waals surface area contributed by atoms with E-state index < -0.39 is 0 Å². The Bertz CT molecular complexity index is 670. The first kappa shape index (κ1) is 15.2. The Morgan fingerprint density at radius 3 is 2.70 bits per heavy atom. The fourth-order valence-corrected chi connectivity index (χ4v) is 3.02. The number of thiophene rings is 1. The topological polar surface area (TPSA) is 64.3 Å². The largest absolute Gasteiger partial charge is 0.495 e. The minimum absolute atomic E-state index is 0.175. The molecule has 1 heterocycles. The molecule has 4 nitrogen and oxygen atoms in total. The van der Waals surface area contributed by atoms with Crippen LogP contribution in [0.25, 0.3) is 0 Å². The summed E-state index contributed by atoms with van der Waals surface area (Å²) in [5, 5.41) is 4.62. The van der Waals surface area contributed by atoms with E-state index in [0.29, 0.717) is 22.6 Å². The van der Waals surface area contributed by atoms with E-state index in [-0.39, 0.29) is 10.9 Å². The third kappa shape index (κ3) is 3.47. The molecule has 1 aromatic heterocycles. The van der Waals surface area contributed by atoms with Gasteiger partial charge >= 0.3 is 0 Å². The molecule has 1 amide bonds. The van der Waals surface area contributed by atoms with Crippen molar-refractivity contribution in [3.8, 4) is 5.75 Å². The Morgan fingerprint density at radius 2 is 2.15 bits per heavy atom. The van der Waals surface area contributed by atoms with Crippen LogP contribution in [0.4, 0.5) is 5.69 Å². The van der Waals surface area contributed by atoms with Crippen LogP contribution in [0.1, 0.15) is 15.9 Å². The van der Waals surface area contributed by atoms with Crippen LogP contribution in [-0.2, 0) is 0 Å². The minimum atomic E-state index is -0.175. The molecule has 0 saturated carbocycles. The van der Waals surface area contributed by atoms with Crippen LogP contribution < -0.4 is 15.8 Å². The lowest BCUT2D eigenvalue weighted by atomic mass is 10.2. The number of methoxy groups -OCH3 is 1. The van der Waals surface area contributed by atoms with Crippen molar-refractivity contribution < 1.29 is 9.53 Å². The SMILES string of the molecule is COc1cc(C(N)=S)ccc1NC(=O)c1csc(I)c1. The van der Waals surface area contributed by atoms with Crippen molar-refractivity contribution in [2.75, 3.05) is 12.4 Å². The van der Waals surface area contributed by atoms with Gasteiger partial charge in [-0.3, -0.25) is 4.79 Å². The van der Waals surface area contributed by atoms with Gasteiger partial charge in [-0.2, -0.15) is 0 Å². The maximum atomic E-state index is 12.1. The molecule has 0 aliphatic carbocycles. The van der Waals surface area contributed by atoms with E-state index in [1.54, 1.807) is 18.2 Å². The second kappa shape index (κ2) is 6.51. The lowest BCUT2D eigenvalue weighted by Crippen LogP contribution is -2.13. The number of hydrogen-bond acceptors (Lipinski definition) is 4. The number of nitrogens with one attached hydrogen (secondary N) is 1. The molecule has 2 aromatic rings. The van der Waals surface area contributed by atoms with Crippen molar-refractivity contribution >= 4 is 62.7 Å². The van der Waals surface area contributed by atoms with Crippen LogP contribution in [0.5, 0.6) is 5.75 Å². The fraction of sp³-hybridized carbons (Fsp3) is 0.0769. The molecule has 0 atom stereocenters. The number of benzene rings is 1. The number of amides is 1. The van der Waals surface area contributed by atoms with Gasteiger partial charge in [0.25, 0.3) is 5.91 Å². The quantitative estimate of drug-likeness (QED) is 0.591. The van der Waals surface area contributed by atoms with E-state index >= 15 is 0 Å². The molecule has 0 fully saturated rings. The van der Waals surface area contributed by atoms with Crippen molar-refractivity contribution in [2.24, 2.45) is 5.73 Å². The number of thiocarbonyl (C=S) groups is 1. The average molecular weight is 418 g/mol. The third-order valence-corrected chi connectivity index (χ3v) is 4.59. The molecule has 104 valence electrons. The first-order chi connectivity index (χ1) is 9.51. The van der Waals surface area contributed by atoms with Crippen molar-refractivity contribution in [1.29, 1.82) is 0 Å². The van der Waals surface area contributed by atoms with E-state index in [9.17, 15) is 4.79 Å². The Hall–Kier alpha value is -1.19. The predicted molar refractivity (Wildman–Crippen MR) is 93.9 cm³/mol. The second-order valence-electron chi connectivity index (χ2n) is 3.87. The maximum absolute atomic E-state index is 12.1. The fourth-order valence-electron chi connectivity index (χ4n) is 1.57. The Morgan fingerprint density at radius 1 is 1.40 bits per heavy atom. The molecule has 0 saturated heterocycles. The summed E-state index contributed by atoms with van der Waals surface area (Å²) >= 11 is 8.61. The number of halogens is 1. The summed E-state index contributed by atoms with van der Waals surface area (Å²) < 4.78 is 6.31. The Kier molecular flexibility index (Phi) is 4.95. The number of ether oxygens (including phenoxy) is 1. The number of anilines is 1. The van der Waals surface area contributed by atoms with Crippen LogP contribution in [0.15, 0.2) is 29.6 Å². The zero-order valence-electron chi connectivity index (χ0n) is 10.5. The van der Waals surface area contributed by atoms with Gasteiger partial charge in [-0.25, -0.2) is 0 Å². The summed E-state index contributed by atoms with van der Waals surface area (Å²) in [5.74, 6) is 0.346. The van der Waals surface area contributed by atoms with E-state index in [2.05, 4.69) is 27.9 Å². The van der Waals surface area contributed by atoms with E-state index in [1.165, 1.54) is 18.4 Å². The first-order valence-electron chi connectivity index (χ1n) is 5.54. The van der Waals surface area contributed by atoms with Crippen LogP contribution in [0.3, 0.4) is 0 Å². The molecule has 20 heavy (non-hydrogen) atoms. The Labute approximate surface area is 139 Å². The van der Waals surface area contributed by atoms with Crippen molar-refractivity contribution in [1.82, 2.24) is 0 Å². The van der Waals surface area contributed by atoms with Gasteiger partial charge < -0.3 is 15.8 Å². The zero-order chi connectivity index (χ0) is 14.7. The number of nitrogens with two attached hydrogens (primary N) is 1. The number of carbonyl (C=O) groups is 1. The highest BCUT2D eigenvalue weighted by atomic mass is 127. The number of carbonyl (C=O) groups excluding carboxylic acids is 1. The van der Waals surface area contributed by atoms with Gasteiger partial charge in [0, 0.05) is 10.9 Å². The summed E-state index contributed by atoms with van der Waals surface area (Å²) in [6.45, 7) is 0. The van der Waals surface area contributed by atoms with Gasteiger partial charge in [0.2, 0.25) is 0 Å². The average Bonchev–Trinajstić information content (AvgIpc) is 2.85. The second-order valence-corrected chi connectivity index (χ2v) is 7.12. The molecule has 0 aliphatic rings. The van der Waals surface area contributed by atoms with Crippen molar-refractivity contribution in [3.05, 3.63) is 43.7 Å². The maximum Gasteiger partial charge on any atom is 0.256 e. The molecular weight excluding hydrogens is 407 g/mol. The molecule has 0 unspecified atom stereocenters. The van der Waals surface area contributed by atoms with Crippen molar-refractivity contribution in [2.45, 2.75) is 0 Å². The summed E-state index contributed by atoms with van der Waals surface area (Å²) in [6.07, 6.45) is 0. The molecule has 2 rings (SSSR count). The lowest BCUT2D eigenvalue weighted by molar-refractivity contribution is 0.102. The summed E-state index contributed by atoms with van der Waals surface area (Å²) in [4.78, 5) is 12.4. The van der Waals surface area contributed by atoms with E-state index in [0.717, 1.165) is 2.88 Å². The molecule has 7 heteroatoms. The smallest absolute Gasteiger partial charge is 0.256 e. The van der Waals surface area contributed by atoms with Crippen LogP contribution in [0, 0.1) is 2.88 Å². The highest BCUT2D eigenvalue weighted by Crippen LogP contribution is 2.27. The van der Waals surface area contributed by atoms with Crippen LogP contribution >= 0.6 is 46.1 Å². The van der Waals surface area contributed by atoms with E-state index in [1.807, 2.05) is 11.4 Å². The normalized spacial score (nSPS) is 10.1. The van der Waals surface area contributed by atoms with E-state index in [4.69, 9.17) is 22.7 Å². The molecule has 0 bridgehead atoms. The van der Waals surface area contributed by atoms with Crippen LogP contribution in [-0.4, -0.2) is 18.0 Å². The molecule has 1 aromatic carbocycles. The minimum Gasteiger partial charge on any atom is -0.495 e. The summed E-state index contributed by atoms with van der Waals surface area (Å²) in [7, 11) is 1.53. The molecule has 3 N–H and O–H groups in total. The highest BCUT2D eigenvalue weighted by molar-refractivity contribution is 14.1. The van der Waals surface area contributed by atoms with Gasteiger partial charge in [0.1, 0.15) is 10.7 Å². The summed E-state index contributed by atoms with van der Waals surface area (Å²) in [6, 6.07) is 7.01. The third-order valence-electron chi connectivity index (χ3n) is 2.56. The molecule has 0 aliphatic heterocycles. The molecule has 0 spiro atoms. The lowest BCUT2D eigenvalue weighted by Gasteiger charge is -2.11. The van der Waals surface area contributed by atoms with Crippen molar-refractivity contribution in [3.63, 3.8) is 0 Å². The molecule has 0 radical (unpaired) electrons. The first-order valence-corrected chi connectivity index (χ1v) is 7.91. The molecular formula is C13H11IN2O2S2. The summed E-state index contributed by atoms with van der Waals surface area (Å²) in [5.41, 5.74) is 7.47. The number of rotatable bonds is 4. The van der Waals surface area contributed by atoms with Crippen LogP contribution in [0.2, 0.25) is 0 Å². The van der Waals surface area contributed by atoms with Gasteiger partial charge in [-0.1, -0.05) is 12.2 Å². The zero-order valence-corrected chi connectivity index (χ0v) is 14.3. The van der Waals surface area contributed by atoms with Gasteiger partial charge in [0.05, 0.1) is 21.2 Å². The monoisotopic (exact) mass is 418 g/mol. The highest BCUT2D eigenvalue weighted by Gasteiger charge is 2.12. The van der Waals surface area contributed by atoms with Gasteiger partial charge in [-0.05, 0) is 46.9 Å². The number of hydrogen-bond donors (Lipinski definition) is 2. The Balaban J connectivity index is 2.25. The van der Waals surface area contributed by atoms with Gasteiger partial charge in [0.15, 0.2) is 0 Å². The predicted octanol–water partition coefficient (Wildman–Crippen LogP) is 3.25. The standard InChI is InChI=1S/C13H11IN2O2S2/c1-18-10-4-7(12(15)19)2-3-9(10)16-13(17)8-5-11(14)20-6-8/h2-6H,1H3,(H2,15,19)(H,16,17). The van der Waals surface area contributed by atoms with Gasteiger partial charge in [-0.15, -0.1) is 11.3 Å².